The summed E-state index contributed by atoms with van der Waals surface area (Å²) < 4.78 is 0.704. The van der Waals surface area contributed by atoms with Crippen LogP contribution in [-0.2, 0) is 0 Å². The number of hydrogen-bond acceptors (Lipinski definition) is 4. The van der Waals surface area contributed by atoms with Gasteiger partial charge in [0.25, 0.3) is 11.8 Å². The van der Waals surface area contributed by atoms with Crippen molar-refractivity contribution in [3.8, 4) is 0 Å². The van der Waals surface area contributed by atoms with Crippen molar-refractivity contribution in [2.45, 2.75) is 0 Å². The maximum Gasteiger partial charge on any atom is 0.273 e. The highest BCUT2D eigenvalue weighted by Gasteiger charge is 2.15. The van der Waals surface area contributed by atoms with E-state index in [1.807, 2.05) is 36.4 Å². The monoisotopic (exact) mass is 448 g/mol. The van der Waals surface area contributed by atoms with Crippen molar-refractivity contribution in [3.63, 3.8) is 0 Å². The molecule has 0 aliphatic heterocycles. The van der Waals surface area contributed by atoms with Crippen LogP contribution in [0.3, 0.4) is 0 Å². The number of benzene rings is 2. The molecule has 29 heavy (non-hydrogen) atoms. The fourth-order valence-corrected chi connectivity index (χ4v) is 2.78. The Morgan fingerprint density at radius 3 is 2.59 bits per heavy atom. The normalized spacial score (nSPS) is 10.9. The third-order valence-electron chi connectivity index (χ3n) is 3.81. The van der Waals surface area contributed by atoms with Crippen molar-refractivity contribution >= 4 is 45.7 Å². The van der Waals surface area contributed by atoms with Crippen LogP contribution in [0.15, 0.2) is 88.7 Å². The number of carbonyl (C=O) groups is 2. The van der Waals surface area contributed by atoms with Gasteiger partial charge in [-0.05, 0) is 42.0 Å². The van der Waals surface area contributed by atoms with Crippen LogP contribution in [0.5, 0.6) is 0 Å². The van der Waals surface area contributed by atoms with Crippen LogP contribution in [0, 0.1) is 0 Å². The average molecular weight is 449 g/mol. The zero-order valence-electron chi connectivity index (χ0n) is 15.2. The predicted octanol–water partition coefficient (Wildman–Crippen LogP) is 4.53. The summed E-state index contributed by atoms with van der Waals surface area (Å²) in [6.07, 6.45) is 8.11. The molecule has 0 fully saturated rings. The molecule has 6 nitrogen and oxygen atoms in total. The molecule has 2 aromatic carbocycles. The molecule has 3 rings (SSSR count). The summed E-state index contributed by atoms with van der Waals surface area (Å²) in [5.41, 5.74) is 4.53. The summed E-state index contributed by atoms with van der Waals surface area (Å²) in [6, 6.07) is 18.0. The molecule has 0 aliphatic carbocycles. The lowest BCUT2D eigenvalue weighted by Crippen LogP contribution is -2.21. The standard InChI is InChI=1S/C22H17BrN4O2/c23-18-10-11-20(26-21(28)17-9-5-12-24-15-17)19(14-18)22(29)27-25-13-4-8-16-6-2-1-3-7-16/h1-15H,(H,26,28)(H,27,29)/b8-4+,25-13+. The Labute approximate surface area is 176 Å². The topological polar surface area (TPSA) is 83.5 Å². The molecule has 0 radical (unpaired) electrons. The highest BCUT2D eigenvalue weighted by molar-refractivity contribution is 9.10. The number of hydrogen-bond donors (Lipinski definition) is 2. The third-order valence-corrected chi connectivity index (χ3v) is 4.31. The maximum absolute atomic E-state index is 12.5. The highest BCUT2D eigenvalue weighted by Crippen LogP contribution is 2.22. The molecule has 0 saturated carbocycles. The second-order valence-electron chi connectivity index (χ2n) is 5.87. The zero-order chi connectivity index (χ0) is 20.5. The van der Waals surface area contributed by atoms with Crippen LogP contribution in [0.2, 0.25) is 0 Å². The van der Waals surface area contributed by atoms with Crippen molar-refractivity contribution in [1.29, 1.82) is 0 Å². The molecular formula is C22H17BrN4O2. The Morgan fingerprint density at radius 2 is 1.83 bits per heavy atom. The first-order valence-corrected chi connectivity index (χ1v) is 9.49. The first-order valence-electron chi connectivity index (χ1n) is 8.69. The number of anilines is 1. The molecule has 0 aliphatic rings. The van der Waals surface area contributed by atoms with E-state index in [-0.39, 0.29) is 11.5 Å². The summed E-state index contributed by atoms with van der Waals surface area (Å²) in [5, 5.41) is 6.65. The molecule has 144 valence electrons. The van der Waals surface area contributed by atoms with Gasteiger partial charge in [-0.15, -0.1) is 0 Å². The van der Waals surface area contributed by atoms with E-state index in [9.17, 15) is 9.59 Å². The largest absolute Gasteiger partial charge is 0.321 e. The maximum atomic E-state index is 12.5. The van der Waals surface area contributed by atoms with Crippen LogP contribution in [0.4, 0.5) is 5.69 Å². The minimum absolute atomic E-state index is 0.279. The molecule has 0 atom stereocenters. The molecule has 0 saturated heterocycles. The fraction of sp³-hybridized carbons (Fsp3) is 0. The minimum Gasteiger partial charge on any atom is -0.321 e. The summed E-state index contributed by atoms with van der Waals surface area (Å²) in [4.78, 5) is 28.8. The highest BCUT2D eigenvalue weighted by atomic mass is 79.9. The van der Waals surface area contributed by atoms with Crippen LogP contribution in [0.1, 0.15) is 26.3 Å². The van der Waals surface area contributed by atoms with Gasteiger partial charge in [-0.3, -0.25) is 14.6 Å². The molecule has 0 spiro atoms. The van der Waals surface area contributed by atoms with E-state index in [4.69, 9.17) is 0 Å². The lowest BCUT2D eigenvalue weighted by atomic mass is 10.1. The molecule has 0 bridgehead atoms. The number of amides is 2. The molecular weight excluding hydrogens is 432 g/mol. The van der Waals surface area contributed by atoms with Gasteiger partial charge in [0, 0.05) is 23.1 Å². The van der Waals surface area contributed by atoms with Crippen molar-refractivity contribution in [1.82, 2.24) is 10.4 Å². The van der Waals surface area contributed by atoms with Crippen LogP contribution in [-0.4, -0.2) is 23.0 Å². The molecule has 0 unspecified atom stereocenters. The van der Waals surface area contributed by atoms with Crippen molar-refractivity contribution < 1.29 is 9.59 Å². The smallest absolute Gasteiger partial charge is 0.273 e. The first-order chi connectivity index (χ1) is 14.1. The number of carbonyl (C=O) groups excluding carboxylic acids is 2. The van der Waals surface area contributed by atoms with Gasteiger partial charge in [-0.2, -0.15) is 5.10 Å². The molecule has 2 amide bonds. The molecule has 7 heteroatoms. The molecule has 1 aromatic heterocycles. The van der Waals surface area contributed by atoms with Gasteiger partial charge in [0.15, 0.2) is 0 Å². The average Bonchev–Trinajstić information content (AvgIpc) is 2.76. The minimum atomic E-state index is -0.447. The molecule has 2 N–H and O–H groups in total. The van der Waals surface area contributed by atoms with Crippen LogP contribution < -0.4 is 10.7 Å². The van der Waals surface area contributed by atoms with E-state index >= 15 is 0 Å². The van der Waals surface area contributed by atoms with Crippen molar-refractivity contribution in [2.24, 2.45) is 5.10 Å². The predicted molar refractivity (Wildman–Crippen MR) is 118 cm³/mol. The van der Waals surface area contributed by atoms with Crippen molar-refractivity contribution in [2.75, 3.05) is 5.32 Å². The summed E-state index contributed by atoms with van der Waals surface area (Å²) >= 11 is 3.34. The molecule has 1 heterocycles. The second-order valence-corrected chi connectivity index (χ2v) is 6.79. The number of halogens is 1. The van der Waals surface area contributed by atoms with E-state index in [0.29, 0.717) is 15.7 Å². The van der Waals surface area contributed by atoms with Gasteiger partial charge >= 0.3 is 0 Å². The van der Waals surface area contributed by atoms with Gasteiger partial charge in [0.1, 0.15) is 0 Å². The van der Waals surface area contributed by atoms with Crippen LogP contribution in [0.25, 0.3) is 6.08 Å². The van der Waals surface area contributed by atoms with Gasteiger partial charge in [0.2, 0.25) is 0 Å². The SMILES string of the molecule is O=C(Nc1ccc(Br)cc1C(=O)N/N=C/C=C/c1ccccc1)c1cccnc1. The number of pyridine rings is 1. The second kappa shape index (κ2) is 10.1. The van der Waals surface area contributed by atoms with Crippen LogP contribution >= 0.6 is 15.9 Å². The Morgan fingerprint density at radius 1 is 1.00 bits per heavy atom. The Balaban J connectivity index is 1.68. The Hall–Kier alpha value is -3.58. The van der Waals surface area contributed by atoms with E-state index < -0.39 is 5.91 Å². The lowest BCUT2D eigenvalue weighted by molar-refractivity contribution is 0.0956. The zero-order valence-corrected chi connectivity index (χ0v) is 16.8. The number of aromatic nitrogens is 1. The fourth-order valence-electron chi connectivity index (χ4n) is 2.42. The van der Waals surface area contributed by atoms with Gasteiger partial charge in [-0.25, -0.2) is 5.43 Å². The van der Waals surface area contributed by atoms with Gasteiger partial charge < -0.3 is 5.32 Å². The number of hydrazone groups is 1. The summed E-state index contributed by atoms with van der Waals surface area (Å²) in [6.45, 7) is 0. The van der Waals surface area contributed by atoms with E-state index in [1.165, 1.54) is 12.4 Å². The number of allylic oxidation sites excluding steroid dienone is 1. The lowest BCUT2D eigenvalue weighted by Gasteiger charge is -2.10. The van der Waals surface area contributed by atoms with Crippen molar-refractivity contribution in [3.05, 3.63) is 100 Å². The number of rotatable bonds is 6. The first kappa shape index (κ1) is 20.2. The number of nitrogens with zero attached hydrogens (tertiary/aromatic N) is 2. The summed E-state index contributed by atoms with van der Waals surface area (Å²) in [7, 11) is 0. The Kier molecular flexibility index (Phi) is 7.02. The summed E-state index contributed by atoms with van der Waals surface area (Å²) in [5.74, 6) is -0.805. The number of nitrogens with one attached hydrogen (secondary N) is 2. The third kappa shape index (κ3) is 5.95. The Bertz CT molecular complexity index is 1050. The van der Waals surface area contributed by atoms with Gasteiger partial charge in [0.05, 0.1) is 16.8 Å². The van der Waals surface area contributed by atoms with E-state index in [0.717, 1.165) is 5.56 Å². The van der Waals surface area contributed by atoms with E-state index in [1.54, 1.807) is 42.6 Å². The molecule has 3 aromatic rings. The van der Waals surface area contributed by atoms with E-state index in [2.05, 4.69) is 36.8 Å². The van der Waals surface area contributed by atoms with Gasteiger partial charge in [-0.1, -0.05) is 52.3 Å². The quantitative estimate of drug-likeness (QED) is 0.429.